The fourth-order valence-corrected chi connectivity index (χ4v) is 3.54. The molecule has 138 valence electrons. The number of nitrogens with one attached hydrogen (secondary N) is 1. The Morgan fingerprint density at radius 3 is 2.73 bits per heavy atom. The average molecular weight is 357 g/mol. The van der Waals surface area contributed by atoms with Crippen molar-refractivity contribution in [3.05, 3.63) is 40.4 Å². The van der Waals surface area contributed by atoms with Crippen molar-refractivity contribution in [1.29, 1.82) is 0 Å². The SMILES string of the molecule is CCOC(=O)C1(NC(=O)Cn2cnc3c(C)cccc3c2=O)CCCC1. The number of amides is 1. The zero-order chi connectivity index (χ0) is 18.7. The van der Waals surface area contributed by atoms with E-state index in [1.165, 1.54) is 10.9 Å². The zero-order valence-electron chi connectivity index (χ0n) is 15.1. The zero-order valence-corrected chi connectivity index (χ0v) is 15.1. The lowest BCUT2D eigenvalue weighted by Gasteiger charge is -2.27. The lowest BCUT2D eigenvalue weighted by Crippen LogP contribution is -2.54. The fraction of sp³-hybridized carbons (Fsp3) is 0.474. The number of benzene rings is 1. The minimum Gasteiger partial charge on any atom is -0.464 e. The van der Waals surface area contributed by atoms with E-state index in [0.717, 1.165) is 18.4 Å². The minimum absolute atomic E-state index is 0.184. The maximum Gasteiger partial charge on any atom is 0.331 e. The summed E-state index contributed by atoms with van der Waals surface area (Å²) >= 11 is 0. The number of carbonyl (C=O) groups is 2. The number of ether oxygens (including phenoxy) is 1. The number of rotatable bonds is 5. The number of aryl methyl sites for hydroxylation is 1. The fourth-order valence-electron chi connectivity index (χ4n) is 3.54. The summed E-state index contributed by atoms with van der Waals surface area (Å²) in [6, 6.07) is 5.37. The molecule has 0 saturated heterocycles. The Kier molecular flexibility index (Phi) is 5.06. The summed E-state index contributed by atoms with van der Waals surface area (Å²) in [6.07, 6.45) is 4.21. The van der Waals surface area contributed by atoms with Crippen LogP contribution in [0.4, 0.5) is 0 Å². The van der Waals surface area contributed by atoms with E-state index in [1.54, 1.807) is 19.1 Å². The van der Waals surface area contributed by atoms with Gasteiger partial charge in [0, 0.05) is 0 Å². The summed E-state index contributed by atoms with van der Waals surface area (Å²) < 4.78 is 6.41. The van der Waals surface area contributed by atoms with Crippen LogP contribution in [0.15, 0.2) is 29.3 Å². The van der Waals surface area contributed by atoms with E-state index in [2.05, 4.69) is 10.3 Å². The maximum absolute atomic E-state index is 12.6. The van der Waals surface area contributed by atoms with Gasteiger partial charge in [0.25, 0.3) is 5.56 Å². The van der Waals surface area contributed by atoms with E-state index in [9.17, 15) is 14.4 Å². The Balaban J connectivity index is 1.82. The molecule has 7 heteroatoms. The van der Waals surface area contributed by atoms with Gasteiger partial charge in [0.15, 0.2) is 0 Å². The van der Waals surface area contributed by atoms with E-state index >= 15 is 0 Å². The highest BCUT2D eigenvalue weighted by atomic mass is 16.5. The number of carbonyl (C=O) groups excluding carboxylic acids is 2. The first kappa shape index (κ1) is 18.1. The minimum atomic E-state index is -0.975. The highest BCUT2D eigenvalue weighted by Crippen LogP contribution is 2.31. The molecule has 1 fully saturated rings. The van der Waals surface area contributed by atoms with Gasteiger partial charge in [-0.2, -0.15) is 0 Å². The number of hydrogen-bond acceptors (Lipinski definition) is 5. The first-order valence-electron chi connectivity index (χ1n) is 8.90. The second kappa shape index (κ2) is 7.27. The van der Waals surface area contributed by atoms with Crippen molar-refractivity contribution in [2.24, 2.45) is 0 Å². The van der Waals surface area contributed by atoms with Crippen molar-refractivity contribution in [2.75, 3.05) is 6.61 Å². The number of hydrogen-bond donors (Lipinski definition) is 1. The van der Waals surface area contributed by atoms with Gasteiger partial charge >= 0.3 is 5.97 Å². The Hall–Kier alpha value is -2.70. The van der Waals surface area contributed by atoms with Crippen LogP contribution in [0.25, 0.3) is 10.9 Å². The Morgan fingerprint density at radius 2 is 2.04 bits per heavy atom. The molecule has 0 aliphatic heterocycles. The molecule has 1 amide bonds. The largest absolute Gasteiger partial charge is 0.464 e. The van der Waals surface area contributed by atoms with E-state index in [0.29, 0.717) is 23.7 Å². The molecule has 1 aliphatic carbocycles. The van der Waals surface area contributed by atoms with Crippen molar-refractivity contribution in [3.8, 4) is 0 Å². The third kappa shape index (κ3) is 3.34. The molecule has 1 aromatic carbocycles. The maximum atomic E-state index is 12.6. The van der Waals surface area contributed by atoms with Crippen LogP contribution in [0, 0.1) is 6.92 Å². The number of aromatic nitrogens is 2. The van der Waals surface area contributed by atoms with Gasteiger partial charge in [-0.15, -0.1) is 0 Å². The predicted molar refractivity (Wildman–Crippen MR) is 96.7 cm³/mol. The molecule has 0 bridgehead atoms. The molecule has 0 atom stereocenters. The van der Waals surface area contributed by atoms with Gasteiger partial charge in [-0.1, -0.05) is 25.0 Å². The van der Waals surface area contributed by atoms with Gasteiger partial charge in [-0.3, -0.25) is 14.2 Å². The van der Waals surface area contributed by atoms with Crippen LogP contribution in [0.5, 0.6) is 0 Å². The molecule has 0 spiro atoms. The molecule has 7 nitrogen and oxygen atoms in total. The standard InChI is InChI=1S/C19H23N3O4/c1-3-26-18(25)19(9-4-5-10-19)21-15(23)11-22-12-20-16-13(2)7-6-8-14(16)17(22)24/h6-8,12H,3-5,9-11H2,1-2H3,(H,21,23). The van der Waals surface area contributed by atoms with Crippen LogP contribution >= 0.6 is 0 Å². The molecular formula is C19H23N3O4. The Bertz CT molecular complexity index is 897. The Morgan fingerprint density at radius 1 is 1.31 bits per heavy atom. The van der Waals surface area contributed by atoms with Crippen LogP contribution in [-0.2, 0) is 20.9 Å². The van der Waals surface area contributed by atoms with Crippen molar-refractivity contribution in [3.63, 3.8) is 0 Å². The third-order valence-electron chi connectivity index (χ3n) is 4.87. The Labute approximate surface area is 151 Å². The molecule has 0 radical (unpaired) electrons. The molecule has 3 rings (SSSR count). The van der Waals surface area contributed by atoms with Crippen LogP contribution in [-0.4, -0.2) is 33.6 Å². The summed E-state index contributed by atoms with van der Waals surface area (Å²) in [5.74, 6) is -0.790. The molecule has 1 aliphatic rings. The van der Waals surface area contributed by atoms with E-state index in [4.69, 9.17) is 4.74 Å². The smallest absolute Gasteiger partial charge is 0.331 e. The third-order valence-corrected chi connectivity index (χ3v) is 4.87. The average Bonchev–Trinajstić information content (AvgIpc) is 3.08. The van der Waals surface area contributed by atoms with Gasteiger partial charge in [-0.05, 0) is 38.3 Å². The predicted octanol–water partition coefficient (Wildman–Crippen LogP) is 1.70. The lowest BCUT2D eigenvalue weighted by atomic mass is 9.97. The second-order valence-electron chi connectivity index (χ2n) is 6.71. The van der Waals surface area contributed by atoms with Gasteiger partial charge in [0.1, 0.15) is 12.1 Å². The molecule has 1 heterocycles. The first-order chi connectivity index (χ1) is 12.5. The number of esters is 1. The molecule has 1 N–H and O–H groups in total. The number of nitrogens with zero attached hydrogens (tertiary/aromatic N) is 2. The van der Waals surface area contributed by atoms with E-state index in [1.807, 2.05) is 13.0 Å². The summed E-state index contributed by atoms with van der Waals surface area (Å²) in [7, 11) is 0. The first-order valence-corrected chi connectivity index (χ1v) is 8.90. The molecule has 1 saturated carbocycles. The van der Waals surface area contributed by atoms with E-state index in [-0.39, 0.29) is 18.7 Å². The number of para-hydroxylation sites is 1. The van der Waals surface area contributed by atoms with Crippen LogP contribution in [0.1, 0.15) is 38.2 Å². The normalized spacial score (nSPS) is 15.8. The number of fused-ring (bicyclic) bond motifs is 1. The summed E-state index contributed by atoms with van der Waals surface area (Å²) in [5.41, 5.74) is 0.291. The molecule has 1 aromatic heterocycles. The molecule has 26 heavy (non-hydrogen) atoms. The van der Waals surface area contributed by atoms with Gasteiger partial charge in [0.05, 0.1) is 23.8 Å². The van der Waals surface area contributed by atoms with Crippen molar-refractivity contribution in [1.82, 2.24) is 14.9 Å². The van der Waals surface area contributed by atoms with E-state index < -0.39 is 17.4 Å². The highest BCUT2D eigenvalue weighted by Gasteiger charge is 2.43. The van der Waals surface area contributed by atoms with Crippen molar-refractivity contribution in [2.45, 2.75) is 51.6 Å². The highest BCUT2D eigenvalue weighted by molar-refractivity contribution is 5.88. The van der Waals surface area contributed by atoms with Gasteiger partial charge in [0.2, 0.25) is 5.91 Å². The topological polar surface area (TPSA) is 90.3 Å². The molecule has 2 aromatic rings. The molecule has 0 unspecified atom stereocenters. The van der Waals surface area contributed by atoms with Gasteiger partial charge in [-0.25, -0.2) is 9.78 Å². The van der Waals surface area contributed by atoms with Crippen LogP contribution in [0.2, 0.25) is 0 Å². The molecular weight excluding hydrogens is 334 g/mol. The lowest BCUT2D eigenvalue weighted by molar-refractivity contribution is -0.153. The van der Waals surface area contributed by atoms with Gasteiger partial charge < -0.3 is 10.1 Å². The summed E-state index contributed by atoms with van der Waals surface area (Å²) in [6.45, 7) is 3.71. The van der Waals surface area contributed by atoms with Crippen LogP contribution < -0.4 is 10.9 Å². The second-order valence-corrected chi connectivity index (χ2v) is 6.71. The summed E-state index contributed by atoms with van der Waals surface area (Å²) in [4.78, 5) is 41.8. The quantitative estimate of drug-likeness (QED) is 0.823. The van der Waals surface area contributed by atoms with Crippen molar-refractivity contribution >= 4 is 22.8 Å². The monoisotopic (exact) mass is 357 g/mol. The van der Waals surface area contributed by atoms with Crippen molar-refractivity contribution < 1.29 is 14.3 Å². The van der Waals surface area contributed by atoms with Crippen LogP contribution in [0.3, 0.4) is 0 Å². The summed E-state index contributed by atoms with van der Waals surface area (Å²) in [5, 5.41) is 3.28.